The number of benzene rings is 1. The van der Waals surface area contributed by atoms with Crippen LogP contribution in [0.25, 0.3) is 0 Å². The highest BCUT2D eigenvalue weighted by atomic mass is 19.1. The number of halogens is 1. The Morgan fingerprint density at radius 2 is 2.06 bits per heavy atom. The maximum Gasteiger partial charge on any atom is 0.129 e. The SMILES string of the molecule is CCNCC(OCCCOC)c1ccccc1F. The zero-order chi connectivity index (χ0) is 13.2. The van der Waals surface area contributed by atoms with Gasteiger partial charge in [0, 0.05) is 32.4 Å². The number of ether oxygens (including phenoxy) is 2. The van der Waals surface area contributed by atoms with Gasteiger partial charge in [0.2, 0.25) is 0 Å². The van der Waals surface area contributed by atoms with Crippen molar-refractivity contribution < 1.29 is 13.9 Å². The van der Waals surface area contributed by atoms with E-state index in [2.05, 4.69) is 5.32 Å². The minimum absolute atomic E-state index is 0.216. The predicted molar refractivity (Wildman–Crippen MR) is 70.1 cm³/mol. The summed E-state index contributed by atoms with van der Waals surface area (Å²) in [4.78, 5) is 0. The lowest BCUT2D eigenvalue weighted by Crippen LogP contribution is -2.24. The first kappa shape index (κ1) is 15.1. The van der Waals surface area contributed by atoms with E-state index >= 15 is 0 Å². The topological polar surface area (TPSA) is 30.5 Å². The Balaban J connectivity index is 2.57. The molecule has 0 heterocycles. The van der Waals surface area contributed by atoms with Gasteiger partial charge in [-0.05, 0) is 19.0 Å². The molecule has 0 aromatic heterocycles. The number of hydrogen-bond donors (Lipinski definition) is 1. The molecule has 0 fully saturated rings. The molecule has 18 heavy (non-hydrogen) atoms. The molecule has 1 aromatic rings. The maximum atomic E-state index is 13.7. The number of hydrogen-bond acceptors (Lipinski definition) is 3. The van der Waals surface area contributed by atoms with Crippen LogP contribution in [-0.4, -0.2) is 33.4 Å². The third-order valence-electron chi connectivity index (χ3n) is 2.64. The molecule has 102 valence electrons. The quantitative estimate of drug-likeness (QED) is 0.688. The van der Waals surface area contributed by atoms with Gasteiger partial charge in [0.15, 0.2) is 0 Å². The summed E-state index contributed by atoms with van der Waals surface area (Å²) in [5, 5.41) is 3.19. The molecule has 0 saturated heterocycles. The van der Waals surface area contributed by atoms with Crippen molar-refractivity contribution in [2.45, 2.75) is 19.4 Å². The number of rotatable bonds is 9. The Morgan fingerprint density at radius 1 is 1.28 bits per heavy atom. The zero-order valence-corrected chi connectivity index (χ0v) is 11.1. The van der Waals surface area contributed by atoms with E-state index in [4.69, 9.17) is 9.47 Å². The summed E-state index contributed by atoms with van der Waals surface area (Å²) in [6.07, 6.45) is 0.566. The fourth-order valence-corrected chi connectivity index (χ4v) is 1.70. The molecule has 0 aliphatic carbocycles. The predicted octanol–water partition coefficient (Wildman–Crippen LogP) is 2.53. The highest BCUT2D eigenvalue weighted by molar-refractivity contribution is 5.20. The summed E-state index contributed by atoms with van der Waals surface area (Å²) >= 11 is 0. The van der Waals surface area contributed by atoms with Gasteiger partial charge in [-0.3, -0.25) is 0 Å². The Bertz CT molecular complexity index is 333. The summed E-state index contributed by atoms with van der Waals surface area (Å²) < 4.78 is 24.4. The molecule has 0 aliphatic heterocycles. The van der Waals surface area contributed by atoms with E-state index in [-0.39, 0.29) is 11.9 Å². The highest BCUT2D eigenvalue weighted by Crippen LogP contribution is 2.20. The van der Waals surface area contributed by atoms with Gasteiger partial charge >= 0.3 is 0 Å². The van der Waals surface area contributed by atoms with Crippen molar-refractivity contribution in [2.24, 2.45) is 0 Å². The van der Waals surface area contributed by atoms with Gasteiger partial charge < -0.3 is 14.8 Å². The largest absolute Gasteiger partial charge is 0.385 e. The van der Waals surface area contributed by atoms with Crippen molar-refractivity contribution in [2.75, 3.05) is 33.4 Å². The smallest absolute Gasteiger partial charge is 0.129 e. The Hall–Kier alpha value is -0.970. The zero-order valence-electron chi connectivity index (χ0n) is 11.1. The average Bonchev–Trinajstić information content (AvgIpc) is 2.39. The van der Waals surface area contributed by atoms with Crippen LogP contribution in [-0.2, 0) is 9.47 Å². The molecule has 1 unspecified atom stereocenters. The van der Waals surface area contributed by atoms with Crippen molar-refractivity contribution in [1.82, 2.24) is 5.32 Å². The maximum absolute atomic E-state index is 13.7. The minimum atomic E-state index is -0.247. The van der Waals surface area contributed by atoms with Gasteiger partial charge in [-0.1, -0.05) is 25.1 Å². The van der Waals surface area contributed by atoms with E-state index in [9.17, 15) is 4.39 Å². The normalized spacial score (nSPS) is 12.6. The Kier molecular flexibility index (Phi) is 7.57. The molecule has 1 atom stereocenters. The molecule has 0 spiro atoms. The molecule has 0 aliphatic rings. The van der Waals surface area contributed by atoms with Crippen LogP contribution in [0.15, 0.2) is 24.3 Å². The van der Waals surface area contributed by atoms with Crippen LogP contribution in [0.2, 0.25) is 0 Å². The summed E-state index contributed by atoms with van der Waals surface area (Å²) in [5.74, 6) is -0.216. The molecule has 0 bridgehead atoms. The number of methoxy groups -OCH3 is 1. The monoisotopic (exact) mass is 255 g/mol. The molecule has 0 radical (unpaired) electrons. The van der Waals surface area contributed by atoms with Gasteiger partial charge in [0.05, 0.1) is 6.10 Å². The molecule has 1 rings (SSSR count). The van der Waals surface area contributed by atoms with Gasteiger partial charge in [-0.15, -0.1) is 0 Å². The van der Waals surface area contributed by atoms with Crippen molar-refractivity contribution >= 4 is 0 Å². The third-order valence-corrected chi connectivity index (χ3v) is 2.64. The van der Waals surface area contributed by atoms with Crippen LogP contribution in [0.5, 0.6) is 0 Å². The van der Waals surface area contributed by atoms with Gasteiger partial charge in [0.1, 0.15) is 5.82 Å². The van der Waals surface area contributed by atoms with Crippen LogP contribution in [0, 0.1) is 5.82 Å². The second kappa shape index (κ2) is 9.03. The molecule has 0 saturated carbocycles. The lowest BCUT2D eigenvalue weighted by Gasteiger charge is -2.19. The number of likely N-dealkylation sites (N-methyl/N-ethyl adjacent to an activating group) is 1. The number of nitrogens with one attached hydrogen (secondary N) is 1. The summed E-state index contributed by atoms with van der Waals surface area (Å²) in [7, 11) is 1.66. The highest BCUT2D eigenvalue weighted by Gasteiger charge is 2.15. The van der Waals surface area contributed by atoms with E-state index in [1.807, 2.05) is 13.0 Å². The molecular weight excluding hydrogens is 233 g/mol. The van der Waals surface area contributed by atoms with E-state index in [0.29, 0.717) is 25.3 Å². The fraction of sp³-hybridized carbons (Fsp3) is 0.571. The Morgan fingerprint density at radius 3 is 2.72 bits per heavy atom. The average molecular weight is 255 g/mol. The molecule has 1 aromatic carbocycles. The second-order valence-electron chi connectivity index (χ2n) is 4.03. The Labute approximate surface area is 108 Å². The first-order chi connectivity index (χ1) is 8.79. The van der Waals surface area contributed by atoms with Crippen LogP contribution < -0.4 is 5.32 Å². The molecule has 3 nitrogen and oxygen atoms in total. The first-order valence-electron chi connectivity index (χ1n) is 6.35. The van der Waals surface area contributed by atoms with Gasteiger partial charge in [-0.25, -0.2) is 4.39 Å². The third kappa shape index (κ3) is 5.12. The van der Waals surface area contributed by atoms with Crippen molar-refractivity contribution in [3.8, 4) is 0 Å². The van der Waals surface area contributed by atoms with Crippen molar-refractivity contribution in [3.05, 3.63) is 35.6 Å². The van der Waals surface area contributed by atoms with Crippen molar-refractivity contribution in [1.29, 1.82) is 0 Å². The van der Waals surface area contributed by atoms with Crippen molar-refractivity contribution in [3.63, 3.8) is 0 Å². The van der Waals surface area contributed by atoms with Crippen LogP contribution in [0.1, 0.15) is 25.0 Å². The van der Waals surface area contributed by atoms with Crippen LogP contribution >= 0.6 is 0 Å². The van der Waals surface area contributed by atoms with E-state index in [1.54, 1.807) is 19.2 Å². The lowest BCUT2D eigenvalue weighted by molar-refractivity contribution is 0.0371. The minimum Gasteiger partial charge on any atom is -0.385 e. The summed E-state index contributed by atoms with van der Waals surface area (Å²) in [6.45, 7) is 4.70. The molecule has 0 amide bonds. The first-order valence-corrected chi connectivity index (χ1v) is 6.35. The summed E-state index contributed by atoms with van der Waals surface area (Å²) in [6, 6.07) is 6.75. The molecule has 1 N–H and O–H groups in total. The fourth-order valence-electron chi connectivity index (χ4n) is 1.70. The van der Waals surface area contributed by atoms with Crippen LogP contribution in [0.3, 0.4) is 0 Å². The van der Waals surface area contributed by atoms with Gasteiger partial charge in [0.25, 0.3) is 0 Å². The molecule has 4 heteroatoms. The van der Waals surface area contributed by atoms with E-state index in [1.165, 1.54) is 6.07 Å². The lowest BCUT2D eigenvalue weighted by atomic mass is 10.1. The van der Waals surface area contributed by atoms with Crippen LogP contribution in [0.4, 0.5) is 4.39 Å². The standard InChI is InChI=1S/C14H22FNO2/c1-3-16-11-14(18-10-6-9-17-2)12-7-4-5-8-13(12)15/h4-5,7-8,14,16H,3,6,9-11H2,1-2H3. The summed E-state index contributed by atoms with van der Waals surface area (Å²) in [5.41, 5.74) is 0.607. The second-order valence-corrected chi connectivity index (χ2v) is 4.03. The van der Waals surface area contributed by atoms with E-state index in [0.717, 1.165) is 13.0 Å². The van der Waals surface area contributed by atoms with Gasteiger partial charge in [-0.2, -0.15) is 0 Å². The van der Waals surface area contributed by atoms with E-state index < -0.39 is 0 Å². The molecular formula is C14H22FNO2.